The summed E-state index contributed by atoms with van der Waals surface area (Å²) in [6.07, 6.45) is 3.22. The molecule has 0 saturated carbocycles. The number of likely N-dealkylation sites (tertiary alicyclic amines) is 1. The highest BCUT2D eigenvalue weighted by Gasteiger charge is 2.29. The number of aromatic nitrogens is 1. The molecule has 1 saturated heterocycles. The monoisotopic (exact) mass is 401 g/mol. The van der Waals surface area contributed by atoms with Crippen molar-refractivity contribution in [3.05, 3.63) is 47.7 Å². The molecule has 1 fully saturated rings. The minimum Gasteiger partial charge on any atom is -0.464 e. The Kier molecular flexibility index (Phi) is 6.05. The normalized spacial score (nSPS) is 16.5. The number of aryl methyl sites for hydroxylation is 1. The lowest BCUT2D eigenvalue weighted by Crippen LogP contribution is -2.42. The molecular weight excluding hydrogens is 370 g/mol. The Morgan fingerprint density at radius 2 is 1.90 bits per heavy atom. The molecule has 2 aromatic rings. The highest BCUT2D eigenvalue weighted by molar-refractivity contribution is 5.93. The van der Waals surface area contributed by atoms with Gasteiger partial charge in [-0.25, -0.2) is 4.79 Å². The number of rotatable bonds is 4. The average Bonchev–Trinajstić information content (AvgIpc) is 3.29. The van der Waals surface area contributed by atoms with Crippen LogP contribution in [-0.4, -0.2) is 40.2 Å². The third-order valence-corrected chi connectivity index (χ3v) is 5.06. The van der Waals surface area contributed by atoms with Gasteiger partial charge in [-0.15, -0.1) is 0 Å². The zero-order chi connectivity index (χ0) is 21.2. The summed E-state index contributed by atoms with van der Waals surface area (Å²) in [5.74, 6) is 1.42. The number of piperidine rings is 1. The number of hydrogen-bond donors (Lipinski definition) is 1. The Labute approximate surface area is 172 Å². The van der Waals surface area contributed by atoms with Crippen molar-refractivity contribution in [1.82, 2.24) is 14.8 Å². The Balaban J connectivity index is 1.60. The second kappa shape index (κ2) is 8.35. The van der Waals surface area contributed by atoms with E-state index >= 15 is 0 Å². The van der Waals surface area contributed by atoms with Gasteiger partial charge in [-0.1, -0.05) is 0 Å². The molecule has 0 bridgehead atoms. The molecule has 2 amide bonds. The Morgan fingerprint density at radius 3 is 2.48 bits per heavy atom. The number of amides is 2. The number of ether oxygens (including phenoxy) is 1. The summed E-state index contributed by atoms with van der Waals surface area (Å²) in [6, 6.07) is 7.44. The lowest BCUT2D eigenvalue weighted by molar-refractivity contribution is 0.0187. The summed E-state index contributed by atoms with van der Waals surface area (Å²) < 4.78 is 13.1. The molecule has 2 aromatic heterocycles. The molecule has 0 aromatic carbocycles. The third kappa shape index (κ3) is 5.22. The van der Waals surface area contributed by atoms with Crippen LogP contribution in [0.25, 0.3) is 0 Å². The van der Waals surface area contributed by atoms with Crippen LogP contribution in [0.2, 0.25) is 0 Å². The van der Waals surface area contributed by atoms with E-state index in [1.807, 2.05) is 69.6 Å². The van der Waals surface area contributed by atoms with Gasteiger partial charge in [0.2, 0.25) is 0 Å². The van der Waals surface area contributed by atoms with Crippen molar-refractivity contribution in [1.29, 1.82) is 0 Å². The van der Waals surface area contributed by atoms with Gasteiger partial charge in [-0.05, 0) is 71.7 Å². The van der Waals surface area contributed by atoms with Gasteiger partial charge in [0.1, 0.15) is 22.8 Å². The zero-order valence-electron chi connectivity index (χ0n) is 17.9. The van der Waals surface area contributed by atoms with Crippen LogP contribution < -0.4 is 5.32 Å². The maximum absolute atomic E-state index is 12.8. The molecule has 7 nitrogen and oxygen atoms in total. The summed E-state index contributed by atoms with van der Waals surface area (Å²) >= 11 is 0. The van der Waals surface area contributed by atoms with Crippen molar-refractivity contribution < 1.29 is 18.7 Å². The van der Waals surface area contributed by atoms with Crippen molar-refractivity contribution in [2.24, 2.45) is 0 Å². The Hall–Kier alpha value is -2.70. The van der Waals surface area contributed by atoms with Gasteiger partial charge in [0.15, 0.2) is 0 Å². The largest absolute Gasteiger partial charge is 0.464 e. The Bertz CT molecular complexity index is 854. The predicted molar refractivity (Wildman–Crippen MR) is 110 cm³/mol. The number of furan rings is 1. The van der Waals surface area contributed by atoms with Crippen LogP contribution >= 0.6 is 0 Å². The molecule has 0 aliphatic carbocycles. The molecule has 1 aliphatic heterocycles. The van der Waals surface area contributed by atoms with Gasteiger partial charge in [-0.3, -0.25) is 4.79 Å². The molecule has 1 atom stereocenters. The summed E-state index contributed by atoms with van der Waals surface area (Å²) in [6.45, 7) is 10.6. The first-order chi connectivity index (χ1) is 13.6. The molecular formula is C22H31N3O4. The van der Waals surface area contributed by atoms with Crippen molar-refractivity contribution >= 4 is 12.0 Å². The molecule has 0 spiro atoms. The van der Waals surface area contributed by atoms with E-state index in [0.29, 0.717) is 18.8 Å². The lowest BCUT2D eigenvalue weighted by atomic mass is 10.0. The third-order valence-electron chi connectivity index (χ3n) is 5.06. The van der Waals surface area contributed by atoms with Crippen molar-refractivity contribution in [3.63, 3.8) is 0 Å². The molecule has 1 aliphatic rings. The first-order valence-electron chi connectivity index (χ1n) is 10.2. The predicted octanol–water partition coefficient (Wildman–Crippen LogP) is 4.45. The maximum Gasteiger partial charge on any atom is 0.410 e. The molecule has 1 N–H and O–H groups in total. The molecule has 0 radical (unpaired) electrons. The smallest absolute Gasteiger partial charge is 0.410 e. The van der Waals surface area contributed by atoms with E-state index in [9.17, 15) is 9.59 Å². The molecule has 158 valence electrons. The number of hydrogen-bond acceptors (Lipinski definition) is 4. The van der Waals surface area contributed by atoms with Gasteiger partial charge < -0.3 is 23.9 Å². The van der Waals surface area contributed by atoms with Gasteiger partial charge in [0.05, 0.1) is 6.04 Å². The Morgan fingerprint density at radius 1 is 1.21 bits per heavy atom. The highest BCUT2D eigenvalue weighted by Crippen LogP contribution is 2.26. The topological polar surface area (TPSA) is 76.7 Å². The van der Waals surface area contributed by atoms with E-state index in [1.54, 1.807) is 4.90 Å². The quantitative estimate of drug-likeness (QED) is 0.821. The van der Waals surface area contributed by atoms with E-state index in [2.05, 4.69) is 5.32 Å². The maximum atomic E-state index is 12.8. The second-order valence-corrected chi connectivity index (χ2v) is 8.64. The fourth-order valence-electron chi connectivity index (χ4n) is 3.59. The van der Waals surface area contributed by atoms with Crippen LogP contribution in [0.1, 0.15) is 74.6 Å². The van der Waals surface area contributed by atoms with Gasteiger partial charge in [0.25, 0.3) is 5.91 Å². The first kappa shape index (κ1) is 21.0. The zero-order valence-corrected chi connectivity index (χ0v) is 17.9. The van der Waals surface area contributed by atoms with Crippen LogP contribution in [0.5, 0.6) is 0 Å². The molecule has 3 heterocycles. The number of nitrogens with one attached hydrogen (secondary N) is 1. The van der Waals surface area contributed by atoms with E-state index in [-0.39, 0.29) is 24.1 Å². The van der Waals surface area contributed by atoms with Crippen molar-refractivity contribution in [2.75, 3.05) is 13.1 Å². The van der Waals surface area contributed by atoms with E-state index in [1.165, 1.54) is 0 Å². The fourth-order valence-corrected chi connectivity index (χ4v) is 3.59. The van der Waals surface area contributed by atoms with Crippen LogP contribution in [0, 0.1) is 6.92 Å². The van der Waals surface area contributed by atoms with Crippen LogP contribution in [0.15, 0.2) is 34.9 Å². The van der Waals surface area contributed by atoms with E-state index in [0.717, 1.165) is 24.4 Å². The number of carbonyl (C=O) groups excluding carboxylic acids is 2. The van der Waals surface area contributed by atoms with Crippen LogP contribution in [0.4, 0.5) is 4.79 Å². The van der Waals surface area contributed by atoms with Gasteiger partial charge in [-0.2, -0.15) is 0 Å². The minimum atomic E-state index is -0.497. The fraction of sp³-hybridized carbons (Fsp3) is 0.545. The van der Waals surface area contributed by atoms with Gasteiger partial charge in [0, 0.05) is 25.3 Å². The minimum absolute atomic E-state index is 0.133. The molecule has 7 heteroatoms. The van der Waals surface area contributed by atoms with Crippen LogP contribution in [-0.2, 0) is 4.74 Å². The molecule has 3 rings (SSSR count). The van der Waals surface area contributed by atoms with Crippen molar-refractivity contribution in [3.8, 4) is 0 Å². The average molecular weight is 402 g/mol. The van der Waals surface area contributed by atoms with Crippen molar-refractivity contribution in [2.45, 2.75) is 65.1 Å². The van der Waals surface area contributed by atoms with Crippen LogP contribution in [0.3, 0.4) is 0 Å². The lowest BCUT2D eigenvalue weighted by Gasteiger charge is -2.34. The second-order valence-electron chi connectivity index (χ2n) is 8.64. The van der Waals surface area contributed by atoms with E-state index < -0.39 is 5.60 Å². The standard InChI is InChI=1S/C22H31N3O4/c1-15-8-9-19(28-15)16(2)23-20(26)18-7-6-12-25(18)17-10-13-24(14-11-17)21(27)29-22(3,4)5/h6-9,12,16-17H,10-11,13-14H2,1-5H3,(H,23,26). The highest BCUT2D eigenvalue weighted by atomic mass is 16.6. The van der Waals surface area contributed by atoms with E-state index in [4.69, 9.17) is 9.15 Å². The number of carbonyl (C=O) groups is 2. The SMILES string of the molecule is Cc1ccc(C(C)NC(=O)c2cccn2C2CCN(C(=O)OC(C)(C)C)CC2)o1. The summed E-state index contributed by atoms with van der Waals surface area (Å²) in [5.41, 5.74) is 0.124. The summed E-state index contributed by atoms with van der Waals surface area (Å²) in [7, 11) is 0. The summed E-state index contributed by atoms with van der Waals surface area (Å²) in [5, 5.41) is 3.01. The first-order valence-corrected chi connectivity index (χ1v) is 10.2. The number of nitrogens with zero attached hydrogens (tertiary/aromatic N) is 2. The van der Waals surface area contributed by atoms with Gasteiger partial charge >= 0.3 is 6.09 Å². The molecule has 1 unspecified atom stereocenters. The molecule has 29 heavy (non-hydrogen) atoms. The summed E-state index contributed by atoms with van der Waals surface area (Å²) in [4.78, 5) is 26.8.